The number of methoxy groups -OCH3 is 1. The molecule has 0 spiro atoms. The number of benzene rings is 2. The lowest BCUT2D eigenvalue weighted by Gasteiger charge is -2.24. The summed E-state index contributed by atoms with van der Waals surface area (Å²) in [5.74, 6) is 0. The van der Waals surface area contributed by atoms with Gasteiger partial charge in [0.1, 0.15) is 0 Å². The van der Waals surface area contributed by atoms with Crippen LogP contribution < -0.4 is 5.32 Å². The number of nitrogens with one attached hydrogen (secondary N) is 1. The van der Waals surface area contributed by atoms with Crippen LogP contribution in [0.25, 0.3) is 0 Å². The average Bonchev–Trinajstić information content (AvgIpc) is 3.14. The van der Waals surface area contributed by atoms with Gasteiger partial charge in [-0.15, -0.1) is 0 Å². The lowest BCUT2D eigenvalue weighted by atomic mass is 10.2. The Labute approximate surface area is 174 Å². The van der Waals surface area contributed by atoms with Gasteiger partial charge in [0.2, 0.25) is 0 Å². The molecule has 0 radical (unpaired) electrons. The Kier molecular flexibility index (Phi) is 7.28. The zero-order valence-corrected chi connectivity index (χ0v) is 17.4. The highest BCUT2D eigenvalue weighted by Gasteiger charge is 2.16. The first-order chi connectivity index (χ1) is 13.7. The fourth-order valence-corrected chi connectivity index (χ4v) is 3.18. The molecule has 5 nitrogen and oxygen atoms in total. The van der Waals surface area contributed by atoms with Crippen LogP contribution in [0.4, 0.5) is 10.5 Å². The van der Waals surface area contributed by atoms with Crippen molar-refractivity contribution in [2.45, 2.75) is 13.1 Å². The zero-order chi connectivity index (χ0) is 19.8. The number of urea groups is 1. The van der Waals surface area contributed by atoms with Crippen molar-refractivity contribution in [2.24, 2.45) is 0 Å². The van der Waals surface area contributed by atoms with E-state index in [1.165, 1.54) is 5.56 Å². The molecule has 3 aromatic rings. The summed E-state index contributed by atoms with van der Waals surface area (Å²) >= 11 is 3.41. The molecule has 0 aliphatic heterocycles. The van der Waals surface area contributed by atoms with Crippen molar-refractivity contribution in [3.8, 4) is 0 Å². The summed E-state index contributed by atoms with van der Waals surface area (Å²) in [7, 11) is 1.64. The first kappa shape index (κ1) is 20.2. The van der Waals surface area contributed by atoms with Crippen LogP contribution in [0.15, 0.2) is 77.4 Å². The first-order valence-electron chi connectivity index (χ1n) is 9.14. The van der Waals surface area contributed by atoms with E-state index in [0.717, 1.165) is 22.4 Å². The molecular weight excluding hydrogens is 418 g/mol. The highest BCUT2D eigenvalue weighted by molar-refractivity contribution is 9.10. The van der Waals surface area contributed by atoms with E-state index in [1.807, 2.05) is 54.7 Å². The average molecular weight is 442 g/mol. The Bertz CT molecular complexity index is 878. The number of rotatable bonds is 8. The van der Waals surface area contributed by atoms with Gasteiger partial charge in [-0.3, -0.25) is 0 Å². The summed E-state index contributed by atoms with van der Waals surface area (Å²) in [4.78, 5) is 14.6. The number of hydrogen-bond acceptors (Lipinski definition) is 2. The van der Waals surface area contributed by atoms with E-state index in [9.17, 15) is 4.79 Å². The molecule has 146 valence electrons. The lowest BCUT2D eigenvalue weighted by molar-refractivity contribution is 0.152. The number of nitrogens with zero attached hydrogens (tertiary/aromatic N) is 2. The molecule has 1 heterocycles. The van der Waals surface area contributed by atoms with E-state index in [0.29, 0.717) is 19.7 Å². The number of hydrogen-bond donors (Lipinski definition) is 1. The van der Waals surface area contributed by atoms with E-state index in [4.69, 9.17) is 4.74 Å². The molecule has 0 bridgehead atoms. The van der Waals surface area contributed by atoms with Crippen LogP contribution in [0, 0.1) is 0 Å². The van der Waals surface area contributed by atoms with Gasteiger partial charge in [-0.2, -0.15) is 0 Å². The number of anilines is 1. The predicted molar refractivity (Wildman–Crippen MR) is 115 cm³/mol. The summed E-state index contributed by atoms with van der Waals surface area (Å²) < 4.78 is 8.34. The maximum atomic E-state index is 12.8. The van der Waals surface area contributed by atoms with Crippen molar-refractivity contribution in [3.63, 3.8) is 0 Å². The lowest BCUT2D eigenvalue weighted by Crippen LogP contribution is -2.37. The molecule has 3 rings (SSSR count). The van der Waals surface area contributed by atoms with Crippen LogP contribution in [-0.2, 0) is 17.8 Å². The van der Waals surface area contributed by atoms with E-state index in [-0.39, 0.29) is 6.03 Å². The highest BCUT2D eigenvalue weighted by Crippen LogP contribution is 2.16. The quantitative estimate of drug-likeness (QED) is 0.535. The molecule has 2 aromatic carbocycles. The van der Waals surface area contributed by atoms with Gasteiger partial charge >= 0.3 is 6.03 Å². The van der Waals surface area contributed by atoms with Crippen LogP contribution in [0.2, 0.25) is 0 Å². The summed E-state index contributed by atoms with van der Waals surface area (Å²) in [5, 5.41) is 2.96. The standard InChI is InChI=1S/C22H24BrN3O2/c1-28-15-14-26(22(27)24-20-11-9-19(23)10-12-20)17-21-8-5-13-25(21)16-18-6-3-2-4-7-18/h2-13H,14-17H2,1H3,(H,24,27). The fraction of sp³-hybridized carbons (Fsp3) is 0.227. The molecule has 1 N–H and O–H groups in total. The van der Waals surface area contributed by atoms with Gasteiger partial charge in [0.15, 0.2) is 0 Å². The van der Waals surface area contributed by atoms with Crippen LogP contribution >= 0.6 is 15.9 Å². The van der Waals surface area contributed by atoms with Crippen molar-refractivity contribution >= 4 is 27.6 Å². The Morgan fingerprint density at radius 2 is 1.82 bits per heavy atom. The van der Waals surface area contributed by atoms with Gasteiger partial charge in [0, 0.05) is 42.3 Å². The minimum atomic E-state index is -0.146. The van der Waals surface area contributed by atoms with Crippen molar-refractivity contribution in [3.05, 3.63) is 88.7 Å². The molecule has 6 heteroatoms. The van der Waals surface area contributed by atoms with E-state index >= 15 is 0 Å². The van der Waals surface area contributed by atoms with Gasteiger partial charge in [-0.05, 0) is 42.0 Å². The summed E-state index contributed by atoms with van der Waals surface area (Å²) in [5.41, 5.74) is 3.06. The topological polar surface area (TPSA) is 46.5 Å². The maximum Gasteiger partial charge on any atom is 0.322 e. The minimum Gasteiger partial charge on any atom is -0.383 e. The molecule has 0 aliphatic rings. The molecule has 2 amide bonds. The summed E-state index contributed by atoms with van der Waals surface area (Å²) in [6.07, 6.45) is 2.05. The molecule has 1 aromatic heterocycles. The monoisotopic (exact) mass is 441 g/mol. The van der Waals surface area contributed by atoms with E-state index in [1.54, 1.807) is 12.0 Å². The highest BCUT2D eigenvalue weighted by atomic mass is 79.9. The number of carbonyl (C=O) groups is 1. The molecule has 0 saturated heterocycles. The van der Waals surface area contributed by atoms with Gasteiger partial charge in [0.05, 0.1) is 13.2 Å². The molecule has 28 heavy (non-hydrogen) atoms. The van der Waals surface area contributed by atoms with Gasteiger partial charge < -0.3 is 19.5 Å². The predicted octanol–water partition coefficient (Wildman–Crippen LogP) is 4.98. The van der Waals surface area contributed by atoms with Crippen LogP contribution in [-0.4, -0.2) is 35.8 Å². The first-order valence-corrected chi connectivity index (χ1v) is 9.93. The third kappa shape index (κ3) is 5.71. The molecule has 0 saturated carbocycles. The Morgan fingerprint density at radius 1 is 1.07 bits per heavy atom. The molecule has 0 unspecified atom stereocenters. The van der Waals surface area contributed by atoms with Crippen LogP contribution in [0.5, 0.6) is 0 Å². The molecule has 0 fully saturated rings. The number of aromatic nitrogens is 1. The van der Waals surface area contributed by atoms with Gasteiger partial charge in [0.25, 0.3) is 0 Å². The Morgan fingerprint density at radius 3 is 2.54 bits per heavy atom. The second kappa shape index (κ2) is 10.1. The smallest absolute Gasteiger partial charge is 0.322 e. The summed E-state index contributed by atoms with van der Waals surface area (Å²) in [6, 6.07) is 21.8. The van der Waals surface area contributed by atoms with Crippen molar-refractivity contribution in [2.75, 3.05) is 25.6 Å². The van der Waals surface area contributed by atoms with Gasteiger partial charge in [-0.25, -0.2) is 4.79 Å². The second-order valence-corrected chi connectivity index (χ2v) is 7.38. The SMILES string of the molecule is COCCN(Cc1cccn1Cc1ccccc1)C(=O)Nc1ccc(Br)cc1. The second-order valence-electron chi connectivity index (χ2n) is 6.46. The van der Waals surface area contributed by atoms with E-state index in [2.05, 4.69) is 44.0 Å². The number of halogens is 1. The maximum absolute atomic E-state index is 12.8. The minimum absolute atomic E-state index is 0.146. The largest absolute Gasteiger partial charge is 0.383 e. The number of amides is 2. The molecular formula is C22H24BrN3O2. The number of ether oxygens (including phenoxy) is 1. The zero-order valence-electron chi connectivity index (χ0n) is 15.8. The van der Waals surface area contributed by atoms with Crippen molar-refractivity contribution in [1.29, 1.82) is 0 Å². The van der Waals surface area contributed by atoms with Crippen LogP contribution in [0.3, 0.4) is 0 Å². The number of carbonyl (C=O) groups excluding carboxylic acids is 1. The Hall–Kier alpha value is -2.57. The van der Waals surface area contributed by atoms with Gasteiger partial charge in [-0.1, -0.05) is 46.3 Å². The fourth-order valence-electron chi connectivity index (χ4n) is 2.91. The molecule has 0 aliphatic carbocycles. The molecule has 0 atom stereocenters. The van der Waals surface area contributed by atoms with E-state index < -0.39 is 0 Å². The third-order valence-electron chi connectivity index (χ3n) is 4.42. The third-order valence-corrected chi connectivity index (χ3v) is 4.95. The van der Waals surface area contributed by atoms with Crippen molar-refractivity contribution in [1.82, 2.24) is 9.47 Å². The van der Waals surface area contributed by atoms with Crippen LogP contribution in [0.1, 0.15) is 11.3 Å². The normalized spacial score (nSPS) is 10.6. The van der Waals surface area contributed by atoms with Crippen molar-refractivity contribution < 1.29 is 9.53 Å². The Balaban J connectivity index is 1.71. The summed E-state index contributed by atoms with van der Waals surface area (Å²) in [6.45, 7) is 2.27.